The van der Waals surface area contributed by atoms with E-state index in [1.54, 1.807) is 4.90 Å². The van der Waals surface area contributed by atoms with Crippen LogP contribution in [0.1, 0.15) is 31.3 Å². The largest absolute Gasteiger partial charge is 0.480 e. The first-order valence-corrected chi connectivity index (χ1v) is 9.49. The minimum atomic E-state index is -0.812. The average Bonchev–Trinajstić information content (AvgIpc) is 2.97. The van der Waals surface area contributed by atoms with Crippen LogP contribution in [0.25, 0.3) is 0 Å². The molecule has 2 rings (SSSR count). The van der Waals surface area contributed by atoms with Gasteiger partial charge in [-0.25, -0.2) is 4.79 Å². The van der Waals surface area contributed by atoms with E-state index < -0.39 is 5.97 Å². The smallest absolute Gasteiger partial charge is 0.318 e. The summed E-state index contributed by atoms with van der Waals surface area (Å²) < 4.78 is 5.62. The first-order chi connectivity index (χ1) is 12.8. The molecule has 0 atom stereocenters. The molecular formula is C19H32N4O4. The Bertz CT molecular complexity index is 625. The number of hydrogen-bond acceptors (Lipinski definition) is 5. The Morgan fingerprint density at radius 1 is 1.26 bits per heavy atom. The highest BCUT2D eigenvalue weighted by atomic mass is 16.4. The van der Waals surface area contributed by atoms with Gasteiger partial charge in [-0.3, -0.25) is 9.69 Å². The number of furan rings is 1. The second-order valence-corrected chi connectivity index (χ2v) is 7.47. The van der Waals surface area contributed by atoms with Crippen LogP contribution in [0, 0.1) is 6.92 Å². The van der Waals surface area contributed by atoms with E-state index in [2.05, 4.69) is 5.32 Å². The maximum absolute atomic E-state index is 12.7. The Morgan fingerprint density at radius 3 is 2.48 bits per heavy atom. The highest BCUT2D eigenvalue weighted by Gasteiger charge is 2.35. The van der Waals surface area contributed by atoms with E-state index >= 15 is 0 Å². The normalized spacial score (nSPS) is 19.2. The van der Waals surface area contributed by atoms with E-state index in [0.29, 0.717) is 19.6 Å². The average molecular weight is 380 g/mol. The van der Waals surface area contributed by atoms with Gasteiger partial charge < -0.3 is 24.6 Å². The fraction of sp³-hybridized carbons (Fsp3) is 0.684. The van der Waals surface area contributed by atoms with Crippen molar-refractivity contribution in [1.29, 1.82) is 0 Å². The number of nitrogens with zero attached hydrogens (tertiary/aromatic N) is 3. The summed E-state index contributed by atoms with van der Waals surface area (Å²) in [6.07, 6.45) is 1.57. The van der Waals surface area contributed by atoms with Crippen molar-refractivity contribution < 1.29 is 19.1 Å². The lowest BCUT2D eigenvalue weighted by Gasteiger charge is -2.42. The molecule has 1 aliphatic rings. The lowest BCUT2D eigenvalue weighted by Crippen LogP contribution is -2.57. The van der Waals surface area contributed by atoms with Crippen molar-refractivity contribution in [1.82, 2.24) is 20.0 Å². The molecule has 1 aromatic heterocycles. The van der Waals surface area contributed by atoms with Gasteiger partial charge in [0.2, 0.25) is 0 Å². The maximum atomic E-state index is 12.7. The van der Waals surface area contributed by atoms with Crippen LogP contribution in [-0.2, 0) is 11.3 Å². The third-order valence-corrected chi connectivity index (χ3v) is 4.95. The minimum Gasteiger partial charge on any atom is -0.480 e. The summed E-state index contributed by atoms with van der Waals surface area (Å²) in [5.41, 5.74) is 0. The second kappa shape index (κ2) is 9.75. The van der Waals surface area contributed by atoms with Crippen LogP contribution in [0.15, 0.2) is 16.5 Å². The van der Waals surface area contributed by atoms with Crippen LogP contribution in [0.3, 0.4) is 0 Å². The molecule has 0 bridgehead atoms. The molecule has 152 valence electrons. The van der Waals surface area contributed by atoms with Crippen LogP contribution in [0.5, 0.6) is 0 Å². The number of likely N-dealkylation sites (N-methyl/N-ethyl adjacent to an activating group) is 2. The van der Waals surface area contributed by atoms with Gasteiger partial charge in [-0.2, -0.15) is 0 Å². The molecule has 0 unspecified atom stereocenters. The zero-order valence-electron chi connectivity index (χ0n) is 16.8. The van der Waals surface area contributed by atoms with Gasteiger partial charge in [-0.1, -0.05) is 6.92 Å². The lowest BCUT2D eigenvalue weighted by atomic mass is 9.85. The summed E-state index contributed by atoms with van der Waals surface area (Å²) in [6, 6.07) is 4.01. The third kappa shape index (κ3) is 6.55. The Kier molecular flexibility index (Phi) is 7.67. The number of hydrogen-bond donors (Lipinski definition) is 2. The van der Waals surface area contributed by atoms with Gasteiger partial charge in [-0.05, 0) is 52.5 Å². The van der Waals surface area contributed by atoms with Gasteiger partial charge in [0.1, 0.15) is 11.5 Å². The van der Waals surface area contributed by atoms with Gasteiger partial charge in [0, 0.05) is 25.2 Å². The van der Waals surface area contributed by atoms with Crippen molar-refractivity contribution in [2.45, 2.75) is 45.3 Å². The summed E-state index contributed by atoms with van der Waals surface area (Å²) in [7, 11) is 3.96. The molecule has 1 heterocycles. The number of carbonyl (C=O) groups excluding carboxylic acids is 1. The van der Waals surface area contributed by atoms with E-state index in [-0.39, 0.29) is 24.7 Å². The summed E-state index contributed by atoms with van der Waals surface area (Å²) in [6.45, 7) is 6.41. The molecule has 0 saturated heterocycles. The summed E-state index contributed by atoms with van der Waals surface area (Å²) >= 11 is 0. The molecule has 1 aromatic rings. The topological polar surface area (TPSA) is 89.3 Å². The quantitative estimate of drug-likeness (QED) is 0.641. The number of aryl methyl sites for hydroxylation is 1. The standard InChI is InChI=1S/C19H32N4O4/c1-5-22(13-18(24)25)16-10-15(11-16)20-19(26)23(9-8-21(3)4)12-17-7-6-14(2)27-17/h6-7,15-16H,5,8-13H2,1-4H3,(H,20,26)(H,24,25). The first kappa shape index (κ1) is 21.2. The van der Waals surface area contributed by atoms with E-state index in [4.69, 9.17) is 9.52 Å². The second-order valence-electron chi connectivity index (χ2n) is 7.47. The Morgan fingerprint density at radius 2 is 1.96 bits per heavy atom. The zero-order valence-corrected chi connectivity index (χ0v) is 16.8. The molecule has 1 fully saturated rings. The van der Waals surface area contributed by atoms with E-state index in [1.165, 1.54) is 0 Å². The predicted octanol–water partition coefficient (Wildman–Crippen LogP) is 1.60. The van der Waals surface area contributed by atoms with Crippen LogP contribution in [0.2, 0.25) is 0 Å². The van der Waals surface area contributed by atoms with Crippen molar-refractivity contribution in [3.05, 3.63) is 23.7 Å². The number of aliphatic carboxylic acids is 1. The number of rotatable bonds is 10. The van der Waals surface area contributed by atoms with Crippen molar-refractivity contribution >= 4 is 12.0 Å². The van der Waals surface area contributed by atoms with E-state index in [1.807, 2.05) is 49.9 Å². The SMILES string of the molecule is CCN(CC(=O)O)C1CC(NC(=O)N(CCN(C)C)Cc2ccc(C)o2)C1. The van der Waals surface area contributed by atoms with Crippen molar-refractivity contribution in [3.63, 3.8) is 0 Å². The van der Waals surface area contributed by atoms with Crippen LogP contribution in [-0.4, -0.2) is 84.2 Å². The van der Waals surface area contributed by atoms with Crippen molar-refractivity contribution in [2.75, 3.05) is 40.3 Å². The zero-order chi connectivity index (χ0) is 20.0. The maximum Gasteiger partial charge on any atom is 0.318 e. The Hall–Kier alpha value is -2.06. The number of carboxylic acid groups (broad SMARTS) is 1. The Balaban J connectivity index is 1.87. The highest BCUT2D eigenvalue weighted by Crippen LogP contribution is 2.26. The molecule has 0 aromatic carbocycles. The fourth-order valence-electron chi connectivity index (χ4n) is 3.27. The van der Waals surface area contributed by atoms with Gasteiger partial charge in [-0.15, -0.1) is 0 Å². The number of carboxylic acids is 1. The molecule has 2 N–H and O–H groups in total. The van der Waals surface area contributed by atoms with Gasteiger partial charge in [0.15, 0.2) is 0 Å². The molecule has 27 heavy (non-hydrogen) atoms. The number of carbonyl (C=O) groups is 2. The monoisotopic (exact) mass is 380 g/mol. The van der Waals surface area contributed by atoms with Gasteiger partial charge in [0.05, 0.1) is 13.1 Å². The van der Waals surface area contributed by atoms with E-state index in [9.17, 15) is 9.59 Å². The number of nitrogens with one attached hydrogen (secondary N) is 1. The predicted molar refractivity (Wildman–Crippen MR) is 103 cm³/mol. The minimum absolute atomic E-state index is 0.0502. The molecule has 8 heteroatoms. The number of amides is 2. The van der Waals surface area contributed by atoms with Gasteiger partial charge in [0.25, 0.3) is 0 Å². The molecule has 0 radical (unpaired) electrons. The summed E-state index contributed by atoms with van der Waals surface area (Å²) in [5, 5.41) is 12.1. The van der Waals surface area contributed by atoms with Crippen LogP contribution in [0.4, 0.5) is 4.79 Å². The Labute approximate surface area is 161 Å². The number of urea groups is 1. The summed E-state index contributed by atoms with van der Waals surface area (Å²) in [5.74, 6) is 0.789. The molecule has 8 nitrogen and oxygen atoms in total. The van der Waals surface area contributed by atoms with Crippen molar-refractivity contribution in [3.8, 4) is 0 Å². The molecule has 0 aliphatic heterocycles. The fourth-order valence-corrected chi connectivity index (χ4v) is 3.27. The molecule has 2 amide bonds. The van der Waals surface area contributed by atoms with Crippen molar-refractivity contribution in [2.24, 2.45) is 0 Å². The van der Waals surface area contributed by atoms with E-state index in [0.717, 1.165) is 30.9 Å². The third-order valence-electron chi connectivity index (χ3n) is 4.95. The van der Waals surface area contributed by atoms with Gasteiger partial charge >= 0.3 is 12.0 Å². The highest BCUT2D eigenvalue weighted by molar-refractivity contribution is 5.74. The molecule has 1 aliphatic carbocycles. The molecule has 1 saturated carbocycles. The molecular weight excluding hydrogens is 348 g/mol. The summed E-state index contributed by atoms with van der Waals surface area (Å²) in [4.78, 5) is 29.4. The first-order valence-electron chi connectivity index (χ1n) is 9.49. The van der Waals surface area contributed by atoms with Crippen LogP contribution < -0.4 is 5.32 Å². The van der Waals surface area contributed by atoms with Crippen LogP contribution >= 0.6 is 0 Å². The molecule has 0 spiro atoms. The lowest BCUT2D eigenvalue weighted by molar-refractivity contribution is -0.139.